The molecule has 0 aliphatic rings. The Morgan fingerprint density at radius 1 is 1.38 bits per heavy atom. The van der Waals surface area contributed by atoms with E-state index in [9.17, 15) is 0 Å². The summed E-state index contributed by atoms with van der Waals surface area (Å²) in [5.41, 5.74) is 9.03. The molecule has 0 fully saturated rings. The van der Waals surface area contributed by atoms with Gasteiger partial charge in [0, 0.05) is 41.5 Å². The lowest BCUT2D eigenvalue weighted by molar-refractivity contribution is 0.185. The predicted molar refractivity (Wildman–Crippen MR) is 67.4 cm³/mol. The molecule has 86 valence electrons. The third-order valence-electron chi connectivity index (χ3n) is 2.80. The number of nitrogen functional groups attached to an aromatic ring is 1. The Kier molecular flexibility index (Phi) is 2.88. The molecule has 0 bridgehead atoms. The molecule has 0 radical (unpaired) electrons. The van der Waals surface area contributed by atoms with Crippen LogP contribution < -0.4 is 5.73 Å². The molecular weight excluding hydrogens is 200 g/mol. The van der Waals surface area contributed by atoms with E-state index in [1.54, 1.807) is 7.11 Å². The second-order valence-corrected chi connectivity index (χ2v) is 4.36. The second kappa shape index (κ2) is 4.18. The number of anilines is 1. The summed E-state index contributed by atoms with van der Waals surface area (Å²) in [4.78, 5) is 0. The zero-order valence-corrected chi connectivity index (χ0v) is 10.0. The van der Waals surface area contributed by atoms with Crippen LogP contribution in [0.3, 0.4) is 0 Å². The van der Waals surface area contributed by atoms with Crippen LogP contribution in [0.1, 0.15) is 25.5 Å². The van der Waals surface area contributed by atoms with Gasteiger partial charge in [0.1, 0.15) is 0 Å². The van der Waals surface area contributed by atoms with E-state index in [2.05, 4.69) is 30.7 Å². The molecule has 2 N–H and O–H groups in total. The molecule has 0 aliphatic carbocycles. The highest BCUT2D eigenvalue weighted by Gasteiger charge is 2.10. The molecule has 0 amide bonds. The van der Waals surface area contributed by atoms with Crippen molar-refractivity contribution in [2.45, 2.75) is 26.5 Å². The standard InChI is InChI=1S/C13H18N2O/c1-9(2)15-7-10(8-16-3)12-6-11(14)4-5-13(12)15/h4-7,9H,8,14H2,1-3H3. The van der Waals surface area contributed by atoms with Crippen LogP contribution in [-0.2, 0) is 11.3 Å². The SMILES string of the molecule is COCc1cn(C(C)C)c2ccc(N)cc12. The minimum atomic E-state index is 0.441. The number of ether oxygens (including phenoxy) is 1. The van der Waals surface area contributed by atoms with Crippen LogP contribution in [0, 0.1) is 0 Å². The zero-order chi connectivity index (χ0) is 11.7. The highest BCUT2D eigenvalue weighted by molar-refractivity contribution is 5.86. The number of fused-ring (bicyclic) bond motifs is 1. The summed E-state index contributed by atoms with van der Waals surface area (Å²) >= 11 is 0. The Labute approximate surface area is 95.8 Å². The lowest BCUT2D eigenvalue weighted by Gasteiger charge is -2.08. The maximum atomic E-state index is 5.82. The van der Waals surface area contributed by atoms with Crippen molar-refractivity contribution in [2.24, 2.45) is 0 Å². The van der Waals surface area contributed by atoms with Gasteiger partial charge in [0.2, 0.25) is 0 Å². The van der Waals surface area contributed by atoms with Gasteiger partial charge in [-0.25, -0.2) is 0 Å². The first-order chi connectivity index (χ1) is 7.63. The lowest BCUT2D eigenvalue weighted by atomic mass is 10.1. The van der Waals surface area contributed by atoms with Crippen LogP contribution in [0.25, 0.3) is 10.9 Å². The van der Waals surface area contributed by atoms with Gasteiger partial charge < -0.3 is 15.0 Å². The first-order valence-corrected chi connectivity index (χ1v) is 5.51. The molecule has 2 aromatic rings. The molecular formula is C13H18N2O. The van der Waals surface area contributed by atoms with Gasteiger partial charge in [-0.15, -0.1) is 0 Å². The smallest absolute Gasteiger partial charge is 0.0733 e. The monoisotopic (exact) mass is 218 g/mol. The number of aromatic nitrogens is 1. The summed E-state index contributed by atoms with van der Waals surface area (Å²) in [6, 6.07) is 6.47. The molecule has 16 heavy (non-hydrogen) atoms. The van der Waals surface area contributed by atoms with Gasteiger partial charge in [0.25, 0.3) is 0 Å². The summed E-state index contributed by atoms with van der Waals surface area (Å²) in [7, 11) is 1.71. The minimum Gasteiger partial charge on any atom is -0.399 e. The number of rotatable bonds is 3. The van der Waals surface area contributed by atoms with Crippen molar-refractivity contribution in [1.29, 1.82) is 0 Å². The molecule has 2 rings (SSSR count). The van der Waals surface area contributed by atoms with Crippen molar-refractivity contribution in [3.05, 3.63) is 30.0 Å². The van der Waals surface area contributed by atoms with Crippen LogP contribution in [0.4, 0.5) is 5.69 Å². The zero-order valence-electron chi connectivity index (χ0n) is 10.0. The van der Waals surface area contributed by atoms with Crippen LogP contribution in [0.5, 0.6) is 0 Å². The third kappa shape index (κ3) is 1.78. The average molecular weight is 218 g/mol. The summed E-state index contributed by atoms with van der Waals surface area (Å²) < 4.78 is 7.47. The topological polar surface area (TPSA) is 40.2 Å². The number of hydrogen-bond donors (Lipinski definition) is 1. The average Bonchev–Trinajstić information content (AvgIpc) is 2.58. The number of benzene rings is 1. The fourth-order valence-corrected chi connectivity index (χ4v) is 2.04. The minimum absolute atomic E-state index is 0.441. The highest BCUT2D eigenvalue weighted by Crippen LogP contribution is 2.27. The van der Waals surface area contributed by atoms with Crippen LogP contribution in [0.2, 0.25) is 0 Å². The van der Waals surface area contributed by atoms with E-state index in [1.807, 2.05) is 12.1 Å². The molecule has 0 aliphatic heterocycles. The number of nitrogens with two attached hydrogens (primary N) is 1. The summed E-state index contributed by atoms with van der Waals surface area (Å²) in [6.07, 6.45) is 2.15. The fourth-order valence-electron chi connectivity index (χ4n) is 2.04. The van der Waals surface area contributed by atoms with Crippen molar-refractivity contribution in [2.75, 3.05) is 12.8 Å². The second-order valence-electron chi connectivity index (χ2n) is 4.36. The molecule has 0 saturated heterocycles. The largest absolute Gasteiger partial charge is 0.399 e. The number of methoxy groups -OCH3 is 1. The van der Waals surface area contributed by atoms with Gasteiger partial charge in [-0.1, -0.05) is 0 Å². The first kappa shape index (κ1) is 11.0. The van der Waals surface area contributed by atoms with Gasteiger partial charge in [0.15, 0.2) is 0 Å². The van der Waals surface area contributed by atoms with Crippen LogP contribution in [0.15, 0.2) is 24.4 Å². The van der Waals surface area contributed by atoms with Gasteiger partial charge in [-0.2, -0.15) is 0 Å². The van der Waals surface area contributed by atoms with Crippen molar-refractivity contribution in [3.63, 3.8) is 0 Å². The summed E-state index contributed by atoms with van der Waals surface area (Å²) in [6.45, 7) is 4.97. The summed E-state index contributed by atoms with van der Waals surface area (Å²) in [5.74, 6) is 0. The highest BCUT2D eigenvalue weighted by atomic mass is 16.5. The van der Waals surface area contributed by atoms with E-state index in [4.69, 9.17) is 10.5 Å². The van der Waals surface area contributed by atoms with E-state index < -0.39 is 0 Å². The predicted octanol–water partition coefficient (Wildman–Crippen LogP) is 2.95. The van der Waals surface area contributed by atoms with E-state index in [0.29, 0.717) is 12.6 Å². The van der Waals surface area contributed by atoms with Crippen molar-refractivity contribution in [1.82, 2.24) is 4.57 Å². The quantitative estimate of drug-likeness (QED) is 0.804. The number of hydrogen-bond acceptors (Lipinski definition) is 2. The molecule has 3 heteroatoms. The fraction of sp³-hybridized carbons (Fsp3) is 0.385. The molecule has 1 aromatic heterocycles. The van der Waals surface area contributed by atoms with Gasteiger partial charge in [-0.3, -0.25) is 0 Å². The third-order valence-corrected chi connectivity index (χ3v) is 2.80. The van der Waals surface area contributed by atoms with E-state index in [0.717, 1.165) is 5.69 Å². The Morgan fingerprint density at radius 2 is 2.12 bits per heavy atom. The van der Waals surface area contributed by atoms with Crippen molar-refractivity contribution in [3.8, 4) is 0 Å². The first-order valence-electron chi connectivity index (χ1n) is 5.51. The van der Waals surface area contributed by atoms with E-state index >= 15 is 0 Å². The van der Waals surface area contributed by atoms with Gasteiger partial charge in [-0.05, 0) is 32.0 Å². The van der Waals surface area contributed by atoms with Crippen LogP contribution >= 0.6 is 0 Å². The van der Waals surface area contributed by atoms with Crippen molar-refractivity contribution >= 4 is 16.6 Å². The van der Waals surface area contributed by atoms with E-state index in [-0.39, 0.29) is 0 Å². The molecule has 1 heterocycles. The Balaban J connectivity index is 2.66. The Morgan fingerprint density at radius 3 is 2.75 bits per heavy atom. The normalized spacial score (nSPS) is 11.5. The Bertz CT molecular complexity index is 500. The lowest BCUT2D eigenvalue weighted by Crippen LogP contribution is -1.98. The maximum absolute atomic E-state index is 5.82. The van der Waals surface area contributed by atoms with Crippen molar-refractivity contribution < 1.29 is 4.74 Å². The Hall–Kier alpha value is -1.48. The number of nitrogens with zero attached hydrogens (tertiary/aromatic N) is 1. The van der Waals surface area contributed by atoms with Crippen LogP contribution in [-0.4, -0.2) is 11.7 Å². The molecule has 0 saturated carbocycles. The molecule has 0 spiro atoms. The maximum Gasteiger partial charge on any atom is 0.0733 e. The van der Waals surface area contributed by atoms with E-state index in [1.165, 1.54) is 16.5 Å². The molecule has 0 atom stereocenters. The summed E-state index contributed by atoms with van der Waals surface area (Å²) in [5, 5.41) is 1.19. The van der Waals surface area contributed by atoms with Gasteiger partial charge in [0.05, 0.1) is 6.61 Å². The molecule has 3 nitrogen and oxygen atoms in total. The van der Waals surface area contributed by atoms with Gasteiger partial charge >= 0.3 is 0 Å². The molecule has 1 aromatic carbocycles. The molecule has 0 unspecified atom stereocenters.